The summed E-state index contributed by atoms with van der Waals surface area (Å²) in [6.45, 7) is 2.50. The number of nitrogens with zero attached hydrogens (tertiary/aromatic N) is 2. The first kappa shape index (κ1) is 13.2. The molecule has 0 saturated carbocycles. The number of hydrogen-bond donors (Lipinski definition) is 1. The molecule has 0 saturated heterocycles. The lowest BCUT2D eigenvalue weighted by Crippen LogP contribution is -2.11. The van der Waals surface area contributed by atoms with Crippen LogP contribution in [0, 0.1) is 5.82 Å². The summed E-state index contributed by atoms with van der Waals surface area (Å²) in [5.41, 5.74) is 1.72. The molecule has 18 heavy (non-hydrogen) atoms. The van der Waals surface area contributed by atoms with Crippen LogP contribution in [-0.4, -0.2) is 16.8 Å². The van der Waals surface area contributed by atoms with E-state index in [1.807, 2.05) is 19.3 Å². The van der Waals surface area contributed by atoms with E-state index in [-0.39, 0.29) is 11.9 Å². The minimum Gasteiger partial charge on any atom is -0.313 e. The molecule has 1 aromatic heterocycles. The Labute approximate surface area is 114 Å². The molecular weight excluding hydrogens is 297 g/mol. The van der Waals surface area contributed by atoms with Gasteiger partial charge in [0, 0.05) is 27.8 Å². The van der Waals surface area contributed by atoms with Crippen LogP contribution >= 0.6 is 15.9 Å². The zero-order chi connectivity index (χ0) is 13.1. The van der Waals surface area contributed by atoms with Crippen molar-refractivity contribution in [3.8, 4) is 0 Å². The van der Waals surface area contributed by atoms with Gasteiger partial charge in [0.2, 0.25) is 0 Å². The Morgan fingerprint density at radius 2 is 2.28 bits per heavy atom. The summed E-state index contributed by atoms with van der Waals surface area (Å²) in [6.07, 6.45) is 3.74. The molecule has 0 radical (unpaired) electrons. The van der Waals surface area contributed by atoms with Gasteiger partial charge in [0.05, 0.1) is 12.7 Å². The Hall–Kier alpha value is -1.20. The maximum atomic E-state index is 13.7. The van der Waals surface area contributed by atoms with Gasteiger partial charge in [-0.3, -0.25) is 4.68 Å². The van der Waals surface area contributed by atoms with Crippen LogP contribution in [0.4, 0.5) is 4.39 Å². The van der Waals surface area contributed by atoms with E-state index in [1.165, 1.54) is 6.07 Å². The highest BCUT2D eigenvalue weighted by Gasteiger charge is 2.08. The predicted molar refractivity (Wildman–Crippen MR) is 72.9 cm³/mol. The molecule has 96 valence electrons. The zero-order valence-corrected chi connectivity index (χ0v) is 11.9. The summed E-state index contributed by atoms with van der Waals surface area (Å²) in [7, 11) is 1.90. The normalized spacial score (nSPS) is 12.7. The SMILES string of the molecule is CNC(C)c1cnn(Cc2ccc(Br)cc2F)c1. The third-order valence-electron chi connectivity index (χ3n) is 2.93. The van der Waals surface area contributed by atoms with Crippen molar-refractivity contribution in [3.05, 3.63) is 52.0 Å². The summed E-state index contributed by atoms with van der Waals surface area (Å²) in [5.74, 6) is -0.219. The lowest BCUT2D eigenvalue weighted by atomic mass is 10.2. The van der Waals surface area contributed by atoms with E-state index < -0.39 is 0 Å². The van der Waals surface area contributed by atoms with E-state index in [9.17, 15) is 4.39 Å². The summed E-state index contributed by atoms with van der Waals surface area (Å²) in [6, 6.07) is 5.31. The van der Waals surface area contributed by atoms with E-state index in [1.54, 1.807) is 16.9 Å². The number of halogens is 2. The molecule has 3 nitrogen and oxygen atoms in total. The molecule has 1 unspecified atom stereocenters. The Balaban J connectivity index is 2.16. The molecule has 0 aliphatic heterocycles. The number of benzene rings is 1. The van der Waals surface area contributed by atoms with Crippen molar-refractivity contribution >= 4 is 15.9 Å². The molecule has 0 fully saturated rings. The van der Waals surface area contributed by atoms with Crippen LogP contribution in [0.5, 0.6) is 0 Å². The molecule has 1 heterocycles. The average Bonchev–Trinajstić information content (AvgIpc) is 2.80. The smallest absolute Gasteiger partial charge is 0.129 e. The number of rotatable bonds is 4. The molecule has 0 aliphatic rings. The van der Waals surface area contributed by atoms with Crippen molar-refractivity contribution in [2.24, 2.45) is 0 Å². The van der Waals surface area contributed by atoms with Gasteiger partial charge in [-0.05, 0) is 26.1 Å². The monoisotopic (exact) mass is 311 g/mol. The molecule has 0 bridgehead atoms. The topological polar surface area (TPSA) is 29.9 Å². The minimum absolute atomic E-state index is 0.219. The molecule has 0 aliphatic carbocycles. The molecule has 5 heteroatoms. The fraction of sp³-hybridized carbons (Fsp3) is 0.308. The van der Waals surface area contributed by atoms with E-state index in [2.05, 4.69) is 33.3 Å². The van der Waals surface area contributed by atoms with Gasteiger partial charge >= 0.3 is 0 Å². The van der Waals surface area contributed by atoms with Crippen LogP contribution in [-0.2, 0) is 6.54 Å². The van der Waals surface area contributed by atoms with Crippen molar-refractivity contribution in [2.45, 2.75) is 19.5 Å². The van der Waals surface area contributed by atoms with Gasteiger partial charge in [-0.1, -0.05) is 22.0 Å². The highest BCUT2D eigenvalue weighted by Crippen LogP contribution is 2.17. The third-order valence-corrected chi connectivity index (χ3v) is 3.43. The van der Waals surface area contributed by atoms with Crippen molar-refractivity contribution in [1.29, 1.82) is 0 Å². The lowest BCUT2D eigenvalue weighted by molar-refractivity contribution is 0.583. The number of nitrogens with one attached hydrogen (secondary N) is 1. The van der Waals surface area contributed by atoms with E-state index in [0.717, 1.165) is 10.0 Å². The van der Waals surface area contributed by atoms with Gasteiger partial charge in [0.1, 0.15) is 5.82 Å². The summed E-state index contributed by atoms with van der Waals surface area (Å²) in [5, 5.41) is 7.39. The maximum absolute atomic E-state index is 13.7. The van der Waals surface area contributed by atoms with Gasteiger partial charge < -0.3 is 5.32 Å². The van der Waals surface area contributed by atoms with Crippen molar-refractivity contribution in [3.63, 3.8) is 0 Å². The van der Waals surface area contributed by atoms with Crippen molar-refractivity contribution in [1.82, 2.24) is 15.1 Å². The predicted octanol–water partition coefficient (Wildman–Crippen LogP) is 3.11. The maximum Gasteiger partial charge on any atom is 0.129 e. The standard InChI is InChI=1S/C13H15BrFN3/c1-9(16-2)11-6-17-18(8-11)7-10-3-4-12(14)5-13(10)15/h3-6,8-9,16H,7H2,1-2H3. The van der Waals surface area contributed by atoms with Crippen molar-refractivity contribution < 1.29 is 4.39 Å². The number of aromatic nitrogens is 2. The highest BCUT2D eigenvalue weighted by molar-refractivity contribution is 9.10. The van der Waals surface area contributed by atoms with Crippen LogP contribution in [0.1, 0.15) is 24.1 Å². The first-order valence-corrected chi connectivity index (χ1v) is 6.53. The molecule has 0 amide bonds. The van der Waals surface area contributed by atoms with Gasteiger partial charge in [-0.25, -0.2) is 4.39 Å². The van der Waals surface area contributed by atoms with Gasteiger partial charge in [-0.2, -0.15) is 5.10 Å². The zero-order valence-electron chi connectivity index (χ0n) is 10.3. The second-order valence-corrected chi connectivity index (χ2v) is 5.13. The van der Waals surface area contributed by atoms with Crippen LogP contribution < -0.4 is 5.32 Å². The lowest BCUT2D eigenvalue weighted by Gasteiger charge is -2.06. The summed E-state index contributed by atoms with van der Waals surface area (Å²) >= 11 is 3.24. The first-order chi connectivity index (χ1) is 8.60. The molecule has 1 atom stereocenters. The van der Waals surface area contributed by atoms with E-state index in [4.69, 9.17) is 0 Å². The Kier molecular flexibility index (Phi) is 4.14. The van der Waals surface area contributed by atoms with Crippen LogP contribution in [0.2, 0.25) is 0 Å². The minimum atomic E-state index is -0.219. The van der Waals surface area contributed by atoms with Crippen molar-refractivity contribution in [2.75, 3.05) is 7.05 Å². The molecular formula is C13H15BrFN3. The quantitative estimate of drug-likeness (QED) is 0.940. The van der Waals surface area contributed by atoms with Crippen LogP contribution in [0.3, 0.4) is 0 Å². The Morgan fingerprint density at radius 1 is 1.50 bits per heavy atom. The second-order valence-electron chi connectivity index (χ2n) is 4.22. The highest BCUT2D eigenvalue weighted by atomic mass is 79.9. The summed E-state index contributed by atoms with van der Waals surface area (Å²) < 4.78 is 16.2. The molecule has 1 N–H and O–H groups in total. The van der Waals surface area contributed by atoms with Crippen LogP contribution in [0.15, 0.2) is 35.1 Å². The van der Waals surface area contributed by atoms with Gasteiger partial charge in [0.15, 0.2) is 0 Å². The molecule has 0 spiro atoms. The second kappa shape index (κ2) is 5.63. The van der Waals surface area contributed by atoms with E-state index >= 15 is 0 Å². The van der Waals surface area contributed by atoms with Crippen LogP contribution in [0.25, 0.3) is 0 Å². The molecule has 1 aromatic carbocycles. The number of hydrogen-bond acceptors (Lipinski definition) is 2. The fourth-order valence-electron chi connectivity index (χ4n) is 1.68. The van der Waals surface area contributed by atoms with Gasteiger partial charge in [0.25, 0.3) is 0 Å². The third kappa shape index (κ3) is 2.97. The first-order valence-electron chi connectivity index (χ1n) is 5.73. The Bertz CT molecular complexity index is 539. The van der Waals surface area contributed by atoms with Gasteiger partial charge in [-0.15, -0.1) is 0 Å². The molecule has 2 aromatic rings. The molecule has 2 rings (SSSR count). The summed E-state index contributed by atoms with van der Waals surface area (Å²) in [4.78, 5) is 0. The average molecular weight is 312 g/mol. The largest absolute Gasteiger partial charge is 0.313 e. The Morgan fingerprint density at radius 3 is 2.94 bits per heavy atom. The fourth-order valence-corrected chi connectivity index (χ4v) is 2.01. The van der Waals surface area contributed by atoms with E-state index in [0.29, 0.717) is 12.1 Å².